The molecule has 16 heavy (non-hydrogen) atoms. The molecular weight excluding hydrogens is 234 g/mol. The third-order valence-electron chi connectivity index (χ3n) is 1.76. The van der Waals surface area contributed by atoms with Crippen LogP contribution < -0.4 is 5.32 Å². The molecule has 1 atom stereocenters. The van der Waals surface area contributed by atoms with Gasteiger partial charge >= 0.3 is 18.3 Å². The van der Waals surface area contributed by atoms with Gasteiger partial charge in [-0.15, -0.1) is 0 Å². The summed E-state index contributed by atoms with van der Waals surface area (Å²) in [4.78, 5) is 21.2. The van der Waals surface area contributed by atoms with Crippen molar-refractivity contribution in [1.82, 2.24) is 5.32 Å². The molecular formula is C8H11F4NO3. The van der Waals surface area contributed by atoms with Crippen LogP contribution >= 0.6 is 0 Å². The number of rotatable bonds is 6. The van der Waals surface area contributed by atoms with Crippen LogP contribution in [0.4, 0.5) is 17.6 Å². The van der Waals surface area contributed by atoms with Crippen LogP contribution in [0.5, 0.6) is 0 Å². The van der Waals surface area contributed by atoms with Gasteiger partial charge in [0.25, 0.3) is 5.91 Å². The lowest BCUT2D eigenvalue weighted by atomic mass is 10.1. The van der Waals surface area contributed by atoms with Gasteiger partial charge in [-0.2, -0.15) is 8.78 Å². The number of carbonyl (C=O) groups excluding carboxylic acids is 1. The molecule has 0 aromatic carbocycles. The molecule has 0 spiro atoms. The predicted molar refractivity (Wildman–Crippen MR) is 45.4 cm³/mol. The molecule has 0 aliphatic rings. The van der Waals surface area contributed by atoms with Gasteiger partial charge in [-0.25, -0.2) is 13.6 Å². The van der Waals surface area contributed by atoms with E-state index in [9.17, 15) is 27.2 Å². The van der Waals surface area contributed by atoms with E-state index >= 15 is 0 Å². The quantitative estimate of drug-likeness (QED) is 0.692. The number of carbonyl (C=O) groups is 2. The molecule has 0 aromatic rings. The zero-order chi connectivity index (χ0) is 12.9. The fourth-order valence-corrected chi connectivity index (χ4v) is 0.900. The molecule has 0 saturated heterocycles. The molecule has 2 N–H and O–H groups in total. The Morgan fingerprint density at radius 2 is 1.88 bits per heavy atom. The zero-order valence-corrected chi connectivity index (χ0v) is 8.34. The van der Waals surface area contributed by atoms with E-state index in [-0.39, 0.29) is 6.42 Å². The molecule has 4 nitrogen and oxygen atoms in total. The summed E-state index contributed by atoms with van der Waals surface area (Å²) < 4.78 is 48.4. The topological polar surface area (TPSA) is 66.4 Å². The van der Waals surface area contributed by atoms with Gasteiger partial charge in [0, 0.05) is 0 Å². The number of hydrogen-bond acceptors (Lipinski definition) is 2. The van der Waals surface area contributed by atoms with Gasteiger partial charge in [0.15, 0.2) is 0 Å². The first kappa shape index (κ1) is 14.7. The van der Waals surface area contributed by atoms with Gasteiger partial charge in [0.05, 0.1) is 0 Å². The third kappa shape index (κ3) is 3.67. The highest BCUT2D eigenvalue weighted by molar-refractivity contribution is 5.88. The van der Waals surface area contributed by atoms with Crippen molar-refractivity contribution in [1.29, 1.82) is 0 Å². The predicted octanol–water partition coefficient (Wildman–Crippen LogP) is 1.26. The molecule has 0 fully saturated rings. The number of hydrogen-bond donors (Lipinski definition) is 2. The van der Waals surface area contributed by atoms with Gasteiger partial charge in [-0.1, -0.05) is 13.3 Å². The van der Waals surface area contributed by atoms with Crippen LogP contribution in [0.15, 0.2) is 0 Å². The second-order valence-corrected chi connectivity index (χ2v) is 3.08. The third-order valence-corrected chi connectivity index (χ3v) is 1.76. The lowest BCUT2D eigenvalue weighted by molar-refractivity contribution is -0.171. The first-order valence-electron chi connectivity index (χ1n) is 4.43. The van der Waals surface area contributed by atoms with E-state index in [1.165, 1.54) is 5.32 Å². The number of aliphatic carboxylic acids is 1. The van der Waals surface area contributed by atoms with Crippen molar-refractivity contribution in [3.8, 4) is 0 Å². The molecule has 0 aliphatic carbocycles. The van der Waals surface area contributed by atoms with Crippen LogP contribution in [0.1, 0.15) is 19.8 Å². The summed E-state index contributed by atoms with van der Waals surface area (Å²) in [7, 11) is 0. The first-order chi connectivity index (χ1) is 7.23. The Labute approximate surface area is 88.6 Å². The van der Waals surface area contributed by atoms with Gasteiger partial charge in [-0.3, -0.25) is 4.79 Å². The summed E-state index contributed by atoms with van der Waals surface area (Å²) in [6, 6.07) is -1.58. The molecule has 94 valence electrons. The summed E-state index contributed by atoms with van der Waals surface area (Å²) in [5, 5.41) is 9.88. The summed E-state index contributed by atoms with van der Waals surface area (Å²) in [6.45, 7) is 1.56. The average molecular weight is 245 g/mol. The minimum Gasteiger partial charge on any atom is -0.480 e. The number of amides is 1. The fraction of sp³-hybridized carbons (Fsp3) is 0.750. The molecule has 0 radical (unpaired) electrons. The smallest absolute Gasteiger partial charge is 0.383 e. The van der Waals surface area contributed by atoms with Crippen molar-refractivity contribution in [3.63, 3.8) is 0 Å². The minimum atomic E-state index is -4.87. The molecule has 8 heteroatoms. The van der Waals surface area contributed by atoms with Crippen LogP contribution in [0.25, 0.3) is 0 Å². The number of carboxylic acids is 1. The van der Waals surface area contributed by atoms with Gasteiger partial charge in [-0.05, 0) is 6.42 Å². The summed E-state index contributed by atoms with van der Waals surface area (Å²) in [5.74, 6) is -8.69. The summed E-state index contributed by atoms with van der Waals surface area (Å²) >= 11 is 0. The van der Waals surface area contributed by atoms with Crippen molar-refractivity contribution in [2.75, 3.05) is 0 Å². The Kier molecular flexibility index (Phi) is 5.19. The molecule has 0 aromatic heterocycles. The first-order valence-corrected chi connectivity index (χ1v) is 4.43. The van der Waals surface area contributed by atoms with Gasteiger partial charge in [0.1, 0.15) is 6.04 Å². The fourth-order valence-electron chi connectivity index (χ4n) is 0.900. The average Bonchev–Trinajstić information content (AvgIpc) is 2.16. The SMILES string of the molecule is CCCC(NC(=O)C(F)(F)C(F)F)C(=O)O. The Balaban J connectivity index is 4.58. The van der Waals surface area contributed by atoms with Gasteiger partial charge in [0.2, 0.25) is 0 Å². The van der Waals surface area contributed by atoms with Crippen molar-refractivity contribution in [2.24, 2.45) is 0 Å². The minimum absolute atomic E-state index is 0.111. The highest BCUT2D eigenvalue weighted by Crippen LogP contribution is 2.23. The van der Waals surface area contributed by atoms with E-state index in [1.807, 2.05) is 0 Å². The van der Waals surface area contributed by atoms with E-state index in [1.54, 1.807) is 6.92 Å². The van der Waals surface area contributed by atoms with Crippen LogP contribution in [0, 0.1) is 0 Å². The Hall–Kier alpha value is -1.34. The van der Waals surface area contributed by atoms with Crippen LogP contribution in [-0.2, 0) is 9.59 Å². The number of halogens is 4. The molecule has 0 saturated carbocycles. The molecule has 0 aliphatic heterocycles. The maximum Gasteiger partial charge on any atom is 0.383 e. The maximum absolute atomic E-state index is 12.4. The zero-order valence-electron chi connectivity index (χ0n) is 8.34. The van der Waals surface area contributed by atoms with Gasteiger partial charge < -0.3 is 10.4 Å². The van der Waals surface area contributed by atoms with Crippen molar-refractivity contribution in [3.05, 3.63) is 0 Å². The number of nitrogens with one attached hydrogen (secondary N) is 1. The van der Waals surface area contributed by atoms with Crippen molar-refractivity contribution < 1.29 is 32.3 Å². The van der Waals surface area contributed by atoms with E-state index in [4.69, 9.17) is 5.11 Å². The lowest BCUT2D eigenvalue weighted by Gasteiger charge is -2.18. The Morgan fingerprint density at radius 1 is 1.38 bits per heavy atom. The normalized spacial score (nSPS) is 13.6. The van der Waals surface area contributed by atoms with Crippen molar-refractivity contribution in [2.45, 2.75) is 38.2 Å². The monoisotopic (exact) mass is 245 g/mol. The molecule has 0 rings (SSSR count). The number of alkyl halides is 4. The maximum atomic E-state index is 12.4. The summed E-state index contributed by atoms with van der Waals surface area (Å²) in [5.41, 5.74) is 0. The van der Waals surface area contributed by atoms with E-state index < -0.39 is 30.3 Å². The summed E-state index contributed by atoms with van der Waals surface area (Å²) in [6.07, 6.45) is -3.97. The van der Waals surface area contributed by atoms with Crippen LogP contribution in [0.2, 0.25) is 0 Å². The second kappa shape index (κ2) is 5.66. The van der Waals surface area contributed by atoms with E-state index in [0.29, 0.717) is 6.42 Å². The molecule has 0 bridgehead atoms. The Bertz CT molecular complexity index is 270. The highest BCUT2D eigenvalue weighted by Gasteiger charge is 2.49. The molecule has 1 amide bonds. The largest absolute Gasteiger partial charge is 0.480 e. The standard InChI is InChI=1S/C8H11F4NO3/c1-2-3-4(5(14)15)13-7(16)8(11,12)6(9)10/h4,6H,2-3H2,1H3,(H,13,16)(H,14,15). The molecule has 1 unspecified atom stereocenters. The van der Waals surface area contributed by atoms with Crippen LogP contribution in [-0.4, -0.2) is 35.4 Å². The van der Waals surface area contributed by atoms with E-state index in [2.05, 4.69) is 0 Å². The highest BCUT2D eigenvalue weighted by atomic mass is 19.3. The lowest BCUT2D eigenvalue weighted by Crippen LogP contribution is -2.51. The van der Waals surface area contributed by atoms with E-state index in [0.717, 1.165) is 0 Å². The Morgan fingerprint density at radius 3 is 2.19 bits per heavy atom. The van der Waals surface area contributed by atoms with Crippen molar-refractivity contribution >= 4 is 11.9 Å². The molecule has 0 heterocycles. The second-order valence-electron chi connectivity index (χ2n) is 3.08. The van der Waals surface area contributed by atoms with Crippen LogP contribution in [0.3, 0.4) is 0 Å². The number of carboxylic acid groups (broad SMARTS) is 1.